The Labute approximate surface area is 135 Å². The summed E-state index contributed by atoms with van der Waals surface area (Å²) in [5.41, 5.74) is 0.584. The minimum absolute atomic E-state index is 0.0811. The molecule has 0 unspecified atom stereocenters. The van der Waals surface area contributed by atoms with Crippen molar-refractivity contribution in [1.29, 1.82) is 0 Å². The lowest BCUT2D eigenvalue weighted by Gasteiger charge is -2.25. The summed E-state index contributed by atoms with van der Waals surface area (Å²) >= 11 is 0. The molecule has 2 aromatic rings. The topological polar surface area (TPSA) is 75.9 Å². The van der Waals surface area contributed by atoms with Gasteiger partial charge in [-0.25, -0.2) is 4.98 Å². The first-order valence-electron chi connectivity index (χ1n) is 7.93. The average Bonchev–Trinajstić information content (AvgIpc) is 2.97. The van der Waals surface area contributed by atoms with Gasteiger partial charge in [0.2, 0.25) is 0 Å². The van der Waals surface area contributed by atoms with E-state index < -0.39 is 0 Å². The van der Waals surface area contributed by atoms with Gasteiger partial charge in [0, 0.05) is 45.7 Å². The second-order valence-electron chi connectivity index (χ2n) is 6.01. The first kappa shape index (κ1) is 15.5. The van der Waals surface area contributed by atoms with Gasteiger partial charge in [0.05, 0.1) is 5.56 Å². The van der Waals surface area contributed by atoms with Crippen LogP contribution >= 0.6 is 0 Å². The van der Waals surface area contributed by atoms with Gasteiger partial charge in [-0.2, -0.15) is 0 Å². The Morgan fingerprint density at radius 3 is 2.87 bits per heavy atom. The highest BCUT2D eigenvalue weighted by molar-refractivity contribution is 5.94. The number of rotatable bonds is 4. The van der Waals surface area contributed by atoms with Crippen LogP contribution < -0.4 is 10.2 Å². The lowest BCUT2D eigenvalue weighted by atomic mass is 10.1. The van der Waals surface area contributed by atoms with E-state index >= 15 is 0 Å². The standard InChI is InChI=1S/C16H22N6O/c1-4-13-19-20-15-8-6-12(10-22(13)15)18-16(23)11-5-7-14(17-9-11)21(2)3/h5,7,9,12H,4,6,8,10H2,1-3H3,(H,18,23)/t12-/m1/s1. The summed E-state index contributed by atoms with van der Waals surface area (Å²) in [5, 5.41) is 11.5. The zero-order chi connectivity index (χ0) is 16.4. The monoisotopic (exact) mass is 314 g/mol. The van der Waals surface area contributed by atoms with Crippen LogP contribution in [0.25, 0.3) is 0 Å². The predicted octanol–water partition coefficient (Wildman–Crippen LogP) is 1.05. The highest BCUT2D eigenvalue weighted by Gasteiger charge is 2.23. The molecule has 122 valence electrons. The summed E-state index contributed by atoms with van der Waals surface area (Å²) in [7, 11) is 3.85. The molecule has 7 heteroatoms. The Hall–Kier alpha value is -2.44. The van der Waals surface area contributed by atoms with Crippen molar-refractivity contribution in [3.05, 3.63) is 35.5 Å². The molecule has 7 nitrogen and oxygen atoms in total. The van der Waals surface area contributed by atoms with Gasteiger partial charge in [0.1, 0.15) is 17.5 Å². The number of amides is 1. The number of nitrogens with zero attached hydrogens (tertiary/aromatic N) is 5. The van der Waals surface area contributed by atoms with E-state index in [4.69, 9.17) is 0 Å². The van der Waals surface area contributed by atoms with Crippen LogP contribution in [0.5, 0.6) is 0 Å². The number of hydrogen-bond acceptors (Lipinski definition) is 5. The van der Waals surface area contributed by atoms with E-state index in [0.29, 0.717) is 5.56 Å². The summed E-state index contributed by atoms with van der Waals surface area (Å²) in [6.45, 7) is 2.80. The number of hydrogen-bond donors (Lipinski definition) is 1. The largest absolute Gasteiger partial charge is 0.363 e. The maximum Gasteiger partial charge on any atom is 0.253 e. The summed E-state index contributed by atoms with van der Waals surface area (Å²) in [4.78, 5) is 18.6. The molecule has 0 spiro atoms. The molecule has 0 aliphatic carbocycles. The van der Waals surface area contributed by atoms with E-state index in [9.17, 15) is 4.79 Å². The van der Waals surface area contributed by atoms with Gasteiger partial charge in [0.15, 0.2) is 0 Å². The minimum Gasteiger partial charge on any atom is -0.363 e. The molecule has 1 aliphatic heterocycles. The number of aromatic nitrogens is 4. The molecule has 1 aliphatic rings. The normalized spacial score (nSPS) is 16.7. The molecule has 1 amide bonds. The summed E-state index contributed by atoms with van der Waals surface area (Å²) in [6.07, 6.45) is 4.20. The maximum atomic E-state index is 12.4. The van der Waals surface area contributed by atoms with Crippen molar-refractivity contribution in [3.63, 3.8) is 0 Å². The number of pyridine rings is 1. The Kier molecular flexibility index (Phi) is 4.27. The molecule has 0 saturated heterocycles. The number of aryl methyl sites for hydroxylation is 2. The van der Waals surface area contributed by atoms with Crippen molar-refractivity contribution in [3.8, 4) is 0 Å². The highest BCUT2D eigenvalue weighted by atomic mass is 16.1. The number of anilines is 1. The quantitative estimate of drug-likeness (QED) is 0.913. The fraction of sp³-hybridized carbons (Fsp3) is 0.500. The van der Waals surface area contributed by atoms with Gasteiger partial charge < -0.3 is 14.8 Å². The molecule has 3 rings (SSSR count). The smallest absolute Gasteiger partial charge is 0.253 e. The van der Waals surface area contributed by atoms with Crippen LogP contribution in [-0.4, -0.2) is 45.8 Å². The molecular formula is C16H22N6O. The number of nitrogens with one attached hydrogen (secondary N) is 1. The van der Waals surface area contributed by atoms with Crippen LogP contribution in [0.4, 0.5) is 5.82 Å². The third kappa shape index (κ3) is 3.18. The summed E-state index contributed by atoms with van der Waals surface area (Å²) in [5.74, 6) is 2.75. The van der Waals surface area contributed by atoms with E-state index in [-0.39, 0.29) is 11.9 Å². The Morgan fingerprint density at radius 2 is 2.22 bits per heavy atom. The second-order valence-corrected chi connectivity index (χ2v) is 6.01. The van der Waals surface area contributed by atoms with Crippen LogP contribution in [0.3, 0.4) is 0 Å². The Morgan fingerprint density at radius 1 is 1.39 bits per heavy atom. The molecule has 0 saturated carbocycles. The summed E-state index contributed by atoms with van der Waals surface area (Å²) < 4.78 is 2.13. The lowest BCUT2D eigenvalue weighted by molar-refractivity contribution is 0.0927. The fourth-order valence-corrected chi connectivity index (χ4v) is 2.82. The number of carbonyl (C=O) groups is 1. The molecule has 23 heavy (non-hydrogen) atoms. The molecule has 0 bridgehead atoms. The van der Waals surface area contributed by atoms with Crippen molar-refractivity contribution < 1.29 is 4.79 Å². The van der Waals surface area contributed by atoms with Crippen LogP contribution in [0.2, 0.25) is 0 Å². The van der Waals surface area contributed by atoms with Crippen molar-refractivity contribution in [1.82, 2.24) is 25.1 Å². The molecule has 0 radical (unpaired) electrons. The van der Waals surface area contributed by atoms with Crippen molar-refractivity contribution in [2.24, 2.45) is 0 Å². The van der Waals surface area contributed by atoms with Crippen molar-refractivity contribution in [2.75, 3.05) is 19.0 Å². The Bertz CT molecular complexity index is 678. The van der Waals surface area contributed by atoms with E-state index in [1.165, 1.54) is 0 Å². The third-order valence-electron chi connectivity index (χ3n) is 4.14. The zero-order valence-corrected chi connectivity index (χ0v) is 13.8. The Balaban J connectivity index is 1.66. The predicted molar refractivity (Wildman–Crippen MR) is 87.5 cm³/mol. The van der Waals surface area contributed by atoms with Gasteiger partial charge in [-0.15, -0.1) is 10.2 Å². The van der Waals surface area contributed by atoms with Crippen LogP contribution in [0.15, 0.2) is 18.3 Å². The van der Waals surface area contributed by atoms with Gasteiger partial charge in [-0.3, -0.25) is 4.79 Å². The molecule has 0 aromatic carbocycles. The first-order valence-corrected chi connectivity index (χ1v) is 7.93. The zero-order valence-electron chi connectivity index (χ0n) is 13.8. The summed E-state index contributed by atoms with van der Waals surface area (Å²) in [6, 6.07) is 3.76. The van der Waals surface area contributed by atoms with Crippen molar-refractivity contribution >= 4 is 11.7 Å². The maximum absolute atomic E-state index is 12.4. The lowest BCUT2D eigenvalue weighted by Crippen LogP contribution is -2.41. The van der Waals surface area contributed by atoms with Crippen LogP contribution in [0.1, 0.15) is 35.4 Å². The molecule has 0 fully saturated rings. The van der Waals surface area contributed by atoms with Crippen molar-refractivity contribution in [2.45, 2.75) is 38.8 Å². The molecule has 1 N–H and O–H groups in total. The molecule has 1 atom stereocenters. The molecule has 3 heterocycles. The number of carbonyl (C=O) groups excluding carboxylic acids is 1. The van der Waals surface area contributed by atoms with Gasteiger partial charge in [0.25, 0.3) is 5.91 Å². The molecular weight excluding hydrogens is 292 g/mol. The average molecular weight is 314 g/mol. The van der Waals surface area contributed by atoms with E-state index in [2.05, 4.69) is 32.0 Å². The van der Waals surface area contributed by atoms with E-state index in [1.807, 2.05) is 31.1 Å². The minimum atomic E-state index is -0.0811. The van der Waals surface area contributed by atoms with Crippen LogP contribution in [0, 0.1) is 0 Å². The SMILES string of the molecule is CCc1nnc2n1C[C@H](NC(=O)c1ccc(N(C)C)nc1)CC2. The first-order chi connectivity index (χ1) is 11.1. The number of fused-ring (bicyclic) bond motifs is 1. The third-order valence-corrected chi connectivity index (χ3v) is 4.14. The van der Waals surface area contributed by atoms with Gasteiger partial charge in [-0.05, 0) is 18.6 Å². The second kappa shape index (κ2) is 6.36. The fourth-order valence-electron chi connectivity index (χ4n) is 2.82. The van der Waals surface area contributed by atoms with Gasteiger partial charge in [-0.1, -0.05) is 6.92 Å². The van der Waals surface area contributed by atoms with Crippen LogP contribution in [-0.2, 0) is 19.4 Å². The van der Waals surface area contributed by atoms with E-state index in [1.54, 1.807) is 6.20 Å². The molecule has 2 aromatic heterocycles. The van der Waals surface area contributed by atoms with E-state index in [0.717, 1.165) is 43.3 Å². The highest BCUT2D eigenvalue weighted by Crippen LogP contribution is 2.16. The van der Waals surface area contributed by atoms with Gasteiger partial charge >= 0.3 is 0 Å².